The molecule has 0 saturated carbocycles. The predicted molar refractivity (Wildman–Crippen MR) is 112 cm³/mol. The highest BCUT2D eigenvalue weighted by molar-refractivity contribution is 5.80. The second-order valence-electron chi connectivity index (χ2n) is 7.93. The highest BCUT2D eigenvalue weighted by Crippen LogP contribution is 2.42. The normalized spacial score (nSPS) is 13.6. The van der Waals surface area contributed by atoms with Crippen molar-refractivity contribution in [1.82, 2.24) is 9.97 Å². The van der Waals surface area contributed by atoms with E-state index in [9.17, 15) is 0 Å². The maximum absolute atomic E-state index is 4.89. The van der Waals surface area contributed by atoms with Crippen molar-refractivity contribution in [2.75, 3.05) is 4.90 Å². The smallest absolute Gasteiger partial charge is 0.141 e. The second kappa shape index (κ2) is 6.80. The van der Waals surface area contributed by atoms with Gasteiger partial charge in [-0.15, -0.1) is 0 Å². The molecule has 3 heteroatoms. The number of hydrogen-bond acceptors (Lipinski definition) is 3. The molecule has 0 saturated heterocycles. The molecule has 4 rings (SSSR count). The number of benzene rings is 1. The van der Waals surface area contributed by atoms with Crippen molar-refractivity contribution in [1.29, 1.82) is 0 Å². The molecular formula is C24H27N3. The summed E-state index contributed by atoms with van der Waals surface area (Å²) < 4.78 is 0. The topological polar surface area (TPSA) is 29.0 Å². The molecule has 1 aliphatic rings. The minimum atomic E-state index is 1.02. The molecule has 138 valence electrons. The molecule has 1 aromatic carbocycles. The van der Waals surface area contributed by atoms with Crippen molar-refractivity contribution in [2.24, 2.45) is 0 Å². The molecule has 3 nitrogen and oxygen atoms in total. The number of aromatic nitrogens is 2. The second-order valence-corrected chi connectivity index (χ2v) is 7.93. The standard InChI is InChI=1S/C24H27N3/c1-15-9-18(4)22(19(5)10-15)27-23-20(11-16(2)13-25-23)7-6-8-21-12-17(3)14-26-24(21)27/h9-14H,6-8H2,1-5H3. The molecule has 3 aromatic rings. The van der Waals surface area contributed by atoms with Crippen LogP contribution in [0.25, 0.3) is 0 Å². The summed E-state index contributed by atoms with van der Waals surface area (Å²) in [4.78, 5) is 12.1. The van der Waals surface area contributed by atoms with Crippen LogP contribution in [0.15, 0.2) is 36.7 Å². The van der Waals surface area contributed by atoms with E-state index in [0.717, 1.165) is 30.9 Å². The van der Waals surface area contributed by atoms with E-state index in [-0.39, 0.29) is 0 Å². The van der Waals surface area contributed by atoms with Crippen LogP contribution in [0.4, 0.5) is 17.3 Å². The van der Waals surface area contributed by atoms with E-state index in [1.807, 2.05) is 12.4 Å². The van der Waals surface area contributed by atoms with Gasteiger partial charge in [-0.3, -0.25) is 4.90 Å². The zero-order chi connectivity index (χ0) is 19.1. The maximum Gasteiger partial charge on any atom is 0.141 e. The summed E-state index contributed by atoms with van der Waals surface area (Å²) >= 11 is 0. The number of pyridine rings is 2. The quantitative estimate of drug-likeness (QED) is 0.536. The van der Waals surface area contributed by atoms with Crippen LogP contribution in [0, 0.1) is 34.6 Å². The minimum absolute atomic E-state index is 1.02. The Labute approximate surface area is 162 Å². The van der Waals surface area contributed by atoms with Gasteiger partial charge < -0.3 is 0 Å². The molecule has 0 atom stereocenters. The highest BCUT2D eigenvalue weighted by atomic mass is 15.2. The van der Waals surface area contributed by atoms with Gasteiger partial charge in [0.2, 0.25) is 0 Å². The molecule has 0 bridgehead atoms. The molecule has 0 aliphatic carbocycles. The van der Waals surface area contributed by atoms with E-state index in [1.54, 1.807) is 0 Å². The van der Waals surface area contributed by atoms with E-state index in [2.05, 4.69) is 63.8 Å². The molecular weight excluding hydrogens is 330 g/mol. The summed E-state index contributed by atoms with van der Waals surface area (Å²) in [6.45, 7) is 10.8. The molecule has 3 heterocycles. The third-order valence-corrected chi connectivity index (χ3v) is 5.33. The first-order chi connectivity index (χ1) is 12.9. The van der Waals surface area contributed by atoms with E-state index < -0.39 is 0 Å². The number of rotatable bonds is 1. The van der Waals surface area contributed by atoms with E-state index in [4.69, 9.17) is 9.97 Å². The largest absolute Gasteiger partial charge is 0.278 e. The fourth-order valence-corrected chi connectivity index (χ4v) is 4.32. The van der Waals surface area contributed by atoms with Crippen LogP contribution >= 0.6 is 0 Å². The third kappa shape index (κ3) is 3.23. The first-order valence-electron chi connectivity index (χ1n) is 9.73. The van der Waals surface area contributed by atoms with Gasteiger partial charge in [0.1, 0.15) is 11.6 Å². The van der Waals surface area contributed by atoms with Crippen molar-refractivity contribution in [2.45, 2.75) is 53.9 Å². The average molecular weight is 358 g/mol. The van der Waals surface area contributed by atoms with E-state index >= 15 is 0 Å². The fraction of sp³-hybridized carbons (Fsp3) is 0.333. The average Bonchev–Trinajstić information content (AvgIpc) is 2.58. The Morgan fingerprint density at radius 1 is 0.667 bits per heavy atom. The van der Waals surface area contributed by atoms with Gasteiger partial charge in [-0.1, -0.05) is 29.8 Å². The lowest BCUT2D eigenvalue weighted by Crippen LogP contribution is -2.21. The Bertz CT molecular complexity index is 944. The number of aryl methyl sites for hydroxylation is 7. The minimum Gasteiger partial charge on any atom is -0.278 e. The first-order valence-corrected chi connectivity index (χ1v) is 9.73. The summed E-state index contributed by atoms with van der Waals surface area (Å²) in [7, 11) is 0. The lowest BCUT2D eigenvalue weighted by molar-refractivity contribution is 0.795. The van der Waals surface area contributed by atoms with E-state index in [1.165, 1.54) is 44.6 Å². The van der Waals surface area contributed by atoms with Gasteiger partial charge in [0.05, 0.1) is 5.69 Å². The maximum atomic E-state index is 4.89. The Hall–Kier alpha value is -2.68. The fourth-order valence-electron chi connectivity index (χ4n) is 4.32. The summed E-state index contributed by atoms with van der Waals surface area (Å²) in [5.74, 6) is 2.04. The molecule has 0 fully saturated rings. The van der Waals surface area contributed by atoms with Crippen LogP contribution in [-0.4, -0.2) is 9.97 Å². The van der Waals surface area contributed by atoms with Gasteiger partial charge in [0.15, 0.2) is 0 Å². The molecule has 1 aliphatic heterocycles. The Morgan fingerprint density at radius 2 is 1.15 bits per heavy atom. The molecule has 0 amide bonds. The Balaban J connectivity index is 2.04. The van der Waals surface area contributed by atoms with Crippen LogP contribution in [0.1, 0.15) is 45.4 Å². The van der Waals surface area contributed by atoms with Crippen LogP contribution < -0.4 is 4.90 Å². The third-order valence-electron chi connectivity index (χ3n) is 5.33. The monoisotopic (exact) mass is 357 g/mol. The summed E-state index contributed by atoms with van der Waals surface area (Å²) in [6, 6.07) is 9.08. The zero-order valence-corrected chi connectivity index (χ0v) is 16.9. The SMILES string of the molecule is Cc1cc(C)c(N2c3ncc(C)cc3CCCc3cc(C)cnc32)c(C)c1. The van der Waals surface area contributed by atoms with Crippen molar-refractivity contribution in [3.05, 3.63) is 75.6 Å². The first kappa shape index (κ1) is 17.7. The predicted octanol–water partition coefficient (Wildman–Crippen LogP) is 5.98. The molecule has 0 radical (unpaired) electrons. The van der Waals surface area contributed by atoms with Crippen LogP contribution in [0.5, 0.6) is 0 Å². The van der Waals surface area contributed by atoms with Crippen molar-refractivity contribution >= 4 is 17.3 Å². The number of nitrogens with zero attached hydrogens (tertiary/aromatic N) is 3. The number of fused-ring (bicyclic) bond motifs is 2. The van der Waals surface area contributed by atoms with Gasteiger partial charge in [-0.05, 0) is 87.3 Å². The Kier molecular flexibility index (Phi) is 4.47. The summed E-state index contributed by atoms with van der Waals surface area (Å²) in [6.07, 6.45) is 7.14. The molecule has 0 N–H and O–H groups in total. The molecule has 0 spiro atoms. The molecule has 27 heavy (non-hydrogen) atoms. The van der Waals surface area contributed by atoms with Crippen LogP contribution in [0.2, 0.25) is 0 Å². The molecule has 2 aromatic heterocycles. The van der Waals surface area contributed by atoms with Crippen molar-refractivity contribution < 1.29 is 0 Å². The number of anilines is 3. The summed E-state index contributed by atoms with van der Waals surface area (Å²) in [5.41, 5.74) is 10.1. The number of hydrogen-bond donors (Lipinski definition) is 0. The summed E-state index contributed by atoms with van der Waals surface area (Å²) in [5, 5.41) is 0. The Morgan fingerprint density at radius 3 is 1.63 bits per heavy atom. The highest BCUT2D eigenvalue weighted by Gasteiger charge is 2.26. The molecule has 0 unspecified atom stereocenters. The van der Waals surface area contributed by atoms with E-state index in [0.29, 0.717) is 0 Å². The van der Waals surface area contributed by atoms with Crippen LogP contribution in [-0.2, 0) is 12.8 Å². The van der Waals surface area contributed by atoms with Gasteiger partial charge in [-0.2, -0.15) is 0 Å². The van der Waals surface area contributed by atoms with Gasteiger partial charge in [0.25, 0.3) is 0 Å². The van der Waals surface area contributed by atoms with Crippen molar-refractivity contribution in [3.8, 4) is 0 Å². The van der Waals surface area contributed by atoms with Gasteiger partial charge in [0, 0.05) is 12.4 Å². The lowest BCUT2D eigenvalue weighted by Gasteiger charge is -2.32. The van der Waals surface area contributed by atoms with Gasteiger partial charge >= 0.3 is 0 Å². The van der Waals surface area contributed by atoms with Crippen molar-refractivity contribution in [3.63, 3.8) is 0 Å². The van der Waals surface area contributed by atoms with Gasteiger partial charge in [-0.25, -0.2) is 9.97 Å². The lowest BCUT2D eigenvalue weighted by atomic mass is 9.97. The van der Waals surface area contributed by atoms with Crippen LogP contribution in [0.3, 0.4) is 0 Å². The zero-order valence-electron chi connectivity index (χ0n) is 16.9.